The molecule has 0 aliphatic rings. The molecule has 0 spiro atoms. The molecule has 1 amide bonds. The lowest BCUT2D eigenvalue weighted by Gasteiger charge is -2.17. The molecule has 0 saturated heterocycles. The predicted octanol–water partition coefficient (Wildman–Crippen LogP) is 4.71. The molecular weight excluding hydrogens is 416 g/mol. The summed E-state index contributed by atoms with van der Waals surface area (Å²) >= 11 is 7.97. The number of carbonyl (C=O) groups excluding carboxylic acids is 1. The van der Waals surface area contributed by atoms with Crippen LogP contribution < -0.4 is 10.0 Å². The van der Waals surface area contributed by atoms with Gasteiger partial charge in [-0.25, -0.2) is 8.42 Å². The Morgan fingerprint density at radius 3 is 2.32 bits per heavy atom. The largest absolute Gasteiger partial charge is 0.351 e. The lowest BCUT2D eigenvalue weighted by Crippen LogP contribution is -2.27. The fraction of sp³-hybridized carbons (Fsp3) is 0.350. The molecule has 0 aliphatic heterocycles. The second-order valence-electron chi connectivity index (χ2n) is 7.33. The molecule has 5 nitrogen and oxygen atoms in total. The summed E-state index contributed by atoms with van der Waals surface area (Å²) < 4.78 is 27.6. The van der Waals surface area contributed by atoms with Gasteiger partial charge in [0.2, 0.25) is 0 Å². The van der Waals surface area contributed by atoms with E-state index in [0.29, 0.717) is 12.1 Å². The van der Waals surface area contributed by atoms with Crippen LogP contribution in [0.2, 0.25) is 5.02 Å². The highest BCUT2D eigenvalue weighted by Crippen LogP contribution is 2.26. The van der Waals surface area contributed by atoms with Crippen LogP contribution in [0.15, 0.2) is 47.4 Å². The highest BCUT2D eigenvalue weighted by molar-refractivity contribution is 8.00. The standard InChI is InChI=1S/C20H25ClN2O3S2/c1-14-5-8-16(9-6-14)28(25,26)23-18-10-7-15(13-17(18)21)19(24)22-11-12-27-20(2,3)4/h5-10,13,23H,11-12H2,1-4H3,(H,22,24). The average Bonchev–Trinajstić information content (AvgIpc) is 2.59. The van der Waals surface area contributed by atoms with Gasteiger partial charge in [0, 0.05) is 22.6 Å². The van der Waals surface area contributed by atoms with Gasteiger partial charge in [-0.15, -0.1) is 0 Å². The van der Waals surface area contributed by atoms with Crippen molar-refractivity contribution in [2.24, 2.45) is 0 Å². The van der Waals surface area contributed by atoms with E-state index in [1.54, 1.807) is 30.0 Å². The van der Waals surface area contributed by atoms with Crippen LogP contribution in [0, 0.1) is 6.92 Å². The molecule has 2 rings (SSSR count). The van der Waals surface area contributed by atoms with Crippen LogP contribution >= 0.6 is 23.4 Å². The normalized spacial score (nSPS) is 11.9. The number of thioether (sulfide) groups is 1. The molecule has 0 heterocycles. The highest BCUT2D eigenvalue weighted by Gasteiger charge is 2.17. The Kier molecular flexibility index (Phi) is 7.42. The van der Waals surface area contributed by atoms with Crippen molar-refractivity contribution in [3.05, 3.63) is 58.6 Å². The first-order valence-corrected chi connectivity index (χ1v) is 11.6. The van der Waals surface area contributed by atoms with Gasteiger partial charge >= 0.3 is 0 Å². The first-order chi connectivity index (χ1) is 13.0. The van der Waals surface area contributed by atoms with Gasteiger partial charge in [-0.05, 0) is 37.3 Å². The number of aryl methyl sites for hydroxylation is 1. The maximum Gasteiger partial charge on any atom is 0.261 e. The Balaban J connectivity index is 2.03. The number of carbonyl (C=O) groups is 1. The van der Waals surface area contributed by atoms with E-state index in [4.69, 9.17) is 11.6 Å². The van der Waals surface area contributed by atoms with Gasteiger partial charge in [-0.2, -0.15) is 11.8 Å². The highest BCUT2D eigenvalue weighted by atomic mass is 35.5. The van der Waals surface area contributed by atoms with Gasteiger partial charge in [0.1, 0.15) is 0 Å². The Hall–Kier alpha value is -1.70. The fourth-order valence-corrected chi connectivity index (χ4v) is 4.46. The smallest absolute Gasteiger partial charge is 0.261 e. The van der Waals surface area contributed by atoms with Crippen molar-refractivity contribution >= 4 is 45.0 Å². The molecule has 28 heavy (non-hydrogen) atoms. The van der Waals surface area contributed by atoms with Crippen molar-refractivity contribution in [2.75, 3.05) is 17.0 Å². The molecule has 0 radical (unpaired) electrons. The fourth-order valence-electron chi connectivity index (χ4n) is 2.28. The first-order valence-electron chi connectivity index (χ1n) is 8.79. The molecule has 8 heteroatoms. The number of halogens is 1. The van der Waals surface area contributed by atoms with E-state index in [1.807, 2.05) is 6.92 Å². The predicted molar refractivity (Wildman–Crippen MR) is 118 cm³/mol. The van der Waals surface area contributed by atoms with Crippen molar-refractivity contribution in [1.82, 2.24) is 5.32 Å². The summed E-state index contributed by atoms with van der Waals surface area (Å²) in [5, 5.41) is 3.00. The van der Waals surface area contributed by atoms with Gasteiger partial charge in [0.05, 0.1) is 15.6 Å². The quantitative estimate of drug-likeness (QED) is 0.611. The number of rotatable bonds is 7. The third-order valence-electron chi connectivity index (χ3n) is 3.73. The molecular formula is C20H25ClN2O3S2. The number of amides is 1. The second kappa shape index (κ2) is 9.20. The second-order valence-corrected chi connectivity index (χ2v) is 11.3. The zero-order chi connectivity index (χ0) is 20.9. The lowest BCUT2D eigenvalue weighted by atomic mass is 10.2. The topological polar surface area (TPSA) is 75.3 Å². The van der Waals surface area contributed by atoms with Crippen molar-refractivity contribution in [3.8, 4) is 0 Å². The minimum Gasteiger partial charge on any atom is -0.351 e. The Labute approximate surface area is 176 Å². The summed E-state index contributed by atoms with van der Waals surface area (Å²) in [6.07, 6.45) is 0. The van der Waals surface area contributed by atoms with Crippen molar-refractivity contribution < 1.29 is 13.2 Å². The average molecular weight is 441 g/mol. The van der Waals surface area contributed by atoms with Crippen LogP contribution in [0.3, 0.4) is 0 Å². The molecule has 0 aliphatic carbocycles. The molecule has 0 aromatic heterocycles. The monoisotopic (exact) mass is 440 g/mol. The molecule has 0 saturated carbocycles. The number of hydrogen-bond donors (Lipinski definition) is 2. The summed E-state index contributed by atoms with van der Waals surface area (Å²) in [7, 11) is -3.76. The molecule has 152 valence electrons. The maximum absolute atomic E-state index is 12.5. The number of hydrogen-bond acceptors (Lipinski definition) is 4. The van der Waals surface area contributed by atoms with Gasteiger partial charge in [-0.3, -0.25) is 9.52 Å². The zero-order valence-electron chi connectivity index (χ0n) is 16.4. The first kappa shape index (κ1) is 22.6. The van der Waals surface area contributed by atoms with Gasteiger partial charge < -0.3 is 5.32 Å². The van der Waals surface area contributed by atoms with E-state index in [1.165, 1.54) is 24.3 Å². The molecule has 0 unspecified atom stereocenters. The molecule has 2 N–H and O–H groups in total. The van der Waals surface area contributed by atoms with E-state index in [0.717, 1.165) is 11.3 Å². The number of sulfonamides is 1. The van der Waals surface area contributed by atoms with Crippen molar-refractivity contribution in [1.29, 1.82) is 0 Å². The lowest BCUT2D eigenvalue weighted by molar-refractivity contribution is 0.0956. The maximum atomic E-state index is 12.5. The van der Waals surface area contributed by atoms with Gasteiger partial charge in [-0.1, -0.05) is 50.1 Å². The minimum atomic E-state index is -3.76. The van der Waals surface area contributed by atoms with Crippen LogP contribution in [-0.4, -0.2) is 31.4 Å². The molecule has 2 aromatic rings. The van der Waals surface area contributed by atoms with Crippen LogP contribution in [0.1, 0.15) is 36.7 Å². The van der Waals surface area contributed by atoms with Crippen LogP contribution in [0.5, 0.6) is 0 Å². The van der Waals surface area contributed by atoms with E-state index in [9.17, 15) is 13.2 Å². The molecule has 2 aromatic carbocycles. The number of anilines is 1. The van der Waals surface area contributed by atoms with Gasteiger partial charge in [0.15, 0.2) is 0 Å². The Morgan fingerprint density at radius 2 is 1.75 bits per heavy atom. The Bertz CT molecular complexity index is 937. The van der Waals surface area contributed by atoms with Crippen molar-refractivity contribution in [3.63, 3.8) is 0 Å². The third kappa shape index (κ3) is 6.72. The van der Waals surface area contributed by atoms with Crippen LogP contribution in [0.4, 0.5) is 5.69 Å². The van der Waals surface area contributed by atoms with Gasteiger partial charge in [0.25, 0.3) is 15.9 Å². The minimum absolute atomic E-state index is 0.143. The van der Waals surface area contributed by atoms with E-state index >= 15 is 0 Å². The number of nitrogens with one attached hydrogen (secondary N) is 2. The van der Waals surface area contributed by atoms with Crippen LogP contribution in [-0.2, 0) is 10.0 Å². The van der Waals surface area contributed by atoms with E-state index in [-0.39, 0.29) is 26.3 Å². The molecule has 0 atom stereocenters. The summed E-state index contributed by atoms with van der Waals surface area (Å²) in [5.74, 6) is 0.557. The summed E-state index contributed by atoms with van der Waals surface area (Å²) in [4.78, 5) is 12.4. The summed E-state index contributed by atoms with van der Waals surface area (Å²) in [6, 6.07) is 11.0. The Morgan fingerprint density at radius 1 is 1.11 bits per heavy atom. The summed E-state index contributed by atoms with van der Waals surface area (Å²) in [5.41, 5.74) is 1.57. The third-order valence-corrected chi connectivity index (χ3v) is 6.70. The SMILES string of the molecule is Cc1ccc(S(=O)(=O)Nc2ccc(C(=O)NCCSC(C)(C)C)cc2Cl)cc1. The summed E-state index contributed by atoms with van der Waals surface area (Å²) in [6.45, 7) is 8.79. The van der Waals surface area contributed by atoms with E-state index in [2.05, 4.69) is 30.8 Å². The van der Waals surface area contributed by atoms with Crippen LogP contribution in [0.25, 0.3) is 0 Å². The number of benzene rings is 2. The van der Waals surface area contributed by atoms with Crippen molar-refractivity contribution in [2.45, 2.75) is 37.3 Å². The molecule has 0 bridgehead atoms. The molecule has 0 fully saturated rings. The van der Waals surface area contributed by atoms with E-state index < -0.39 is 10.0 Å². The zero-order valence-corrected chi connectivity index (χ0v) is 18.8.